The van der Waals surface area contributed by atoms with Crippen molar-refractivity contribution < 1.29 is 4.79 Å². The van der Waals surface area contributed by atoms with Crippen LogP contribution in [0.3, 0.4) is 0 Å². The molecule has 26 heavy (non-hydrogen) atoms. The Labute approximate surface area is 153 Å². The largest absolute Gasteiger partial charge is 0.342 e. The first-order valence-electron chi connectivity index (χ1n) is 9.02. The molecule has 0 unspecified atom stereocenters. The van der Waals surface area contributed by atoms with Gasteiger partial charge in [-0.15, -0.1) is 0 Å². The molecule has 6 nitrogen and oxygen atoms in total. The van der Waals surface area contributed by atoms with E-state index in [2.05, 4.69) is 27.3 Å². The second kappa shape index (κ2) is 7.23. The Bertz CT molecular complexity index is 960. The summed E-state index contributed by atoms with van der Waals surface area (Å²) in [5.74, 6) is 0.673. The molecule has 1 aromatic carbocycles. The van der Waals surface area contributed by atoms with Gasteiger partial charge in [0, 0.05) is 17.6 Å². The van der Waals surface area contributed by atoms with E-state index in [0.717, 1.165) is 41.0 Å². The molecule has 0 aliphatic carbocycles. The minimum absolute atomic E-state index is 0.110. The van der Waals surface area contributed by atoms with Gasteiger partial charge in [0.1, 0.15) is 12.2 Å². The number of benzene rings is 1. The molecule has 6 heteroatoms. The summed E-state index contributed by atoms with van der Waals surface area (Å²) < 4.78 is 1.82. The number of pyridine rings is 1. The van der Waals surface area contributed by atoms with Crippen molar-refractivity contribution in [3.63, 3.8) is 0 Å². The maximum absolute atomic E-state index is 13.1. The molecule has 0 saturated heterocycles. The molecule has 1 N–H and O–H groups in total. The van der Waals surface area contributed by atoms with E-state index in [1.165, 1.54) is 11.9 Å². The molecule has 0 aliphatic rings. The second-order valence-corrected chi connectivity index (χ2v) is 6.58. The zero-order chi connectivity index (χ0) is 18.8. The summed E-state index contributed by atoms with van der Waals surface area (Å²) in [7, 11) is 0. The third kappa shape index (κ3) is 3.19. The molecule has 0 aliphatic heterocycles. The third-order valence-corrected chi connectivity index (χ3v) is 4.85. The Balaban J connectivity index is 2.01. The fourth-order valence-electron chi connectivity index (χ4n) is 3.22. The molecule has 2 heterocycles. The molecular weight excluding hydrogens is 326 g/mol. The van der Waals surface area contributed by atoms with Crippen LogP contribution in [-0.4, -0.2) is 25.7 Å². The maximum atomic E-state index is 13.1. The Kier molecular flexibility index (Phi) is 5.02. The van der Waals surface area contributed by atoms with Crippen molar-refractivity contribution in [1.29, 1.82) is 0 Å². The van der Waals surface area contributed by atoms with E-state index in [1.54, 1.807) is 0 Å². The van der Waals surface area contributed by atoms with E-state index in [9.17, 15) is 4.79 Å². The summed E-state index contributed by atoms with van der Waals surface area (Å²) in [4.78, 5) is 22.1. The zero-order valence-electron chi connectivity index (χ0n) is 16.0. The highest BCUT2D eigenvalue weighted by Crippen LogP contribution is 2.25. The van der Waals surface area contributed by atoms with Crippen LogP contribution in [0.1, 0.15) is 59.3 Å². The number of nitrogens with one attached hydrogen (secondary N) is 1. The molecule has 1 atom stereocenters. The molecule has 136 valence electrons. The zero-order valence-corrected chi connectivity index (χ0v) is 16.0. The first-order valence-corrected chi connectivity index (χ1v) is 9.02. The number of amides is 1. The summed E-state index contributed by atoms with van der Waals surface area (Å²) in [6.45, 7) is 10.8. The predicted octanol–water partition coefficient (Wildman–Crippen LogP) is 3.65. The smallest absolute Gasteiger partial charge is 0.252 e. The van der Waals surface area contributed by atoms with Crippen LogP contribution in [0.2, 0.25) is 0 Å². The standard InChI is InChI=1S/C20H25N5O/c1-6-17(19-21-11-22-25(19)7-2)24-20(26)16-10-13(4)23-18-14(5)12(3)8-9-15(16)18/h8-11,17H,6-7H2,1-5H3,(H,24,26)/t17-/m1/s1. The first-order chi connectivity index (χ1) is 12.5. The van der Waals surface area contributed by atoms with Crippen molar-refractivity contribution in [3.8, 4) is 0 Å². The maximum Gasteiger partial charge on any atom is 0.252 e. The number of nitrogens with zero attached hydrogens (tertiary/aromatic N) is 4. The topological polar surface area (TPSA) is 72.7 Å². The number of fused-ring (bicyclic) bond motifs is 1. The summed E-state index contributed by atoms with van der Waals surface area (Å²) in [6, 6.07) is 5.69. The van der Waals surface area contributed by atoms with Crippen molar-refractivity contribution in [2.45, 2.75) is 53.6 Å². The van der Waals surface area contributed by atoms with Gasteiger partial charge in [0.15, 0.2) is 0 Å². The van der Waals surface area contributed by atoms with Crippen LogP contribution in [0.25, 0.3) is 10.9 Å². The molecule has 0 fully saturated rings. The lowest BCUT2D eigenvalue weighted by molar-refractivity contribution is 0.0934. The average molecular weight is 351 g/mol. The molecular formula is C20H25N5O. The normalized spacial score (nSPS) is 12.3. The summed E-state index contributed by atoms with van der Waals surface area (Å²) in [5.41, 5.74) is 4.65. The van der Waals surface area contributed by atoms with Crippen LogP contribution in [-0.2, 0) is 6.54 Å². The summed E-state index contributed by atoms with van der Waals surface area (Å²) >= 11 is 0. The number of hydrogen-bond donors (Lipinski definition) is 1. The number of rotatable bonds is 5. The first kappa shape index (κ1) is 18.0. The van der Waals surface area contributed by atoms with Crippen LogP contribution >= 0.6 is 0 Å². The lowest BCUT2D eigenvalue weighted by Crippen LogP contribution is -2.30. The van der Waals surface area contributed by atoms with Gasteiger partial charge in [0.05, 0.1) is 17.1 Å². The van der Waals surface area contributed by atoms with Crippen LogP contribution in [0.4, 0.5) is 0 Å². The van der Waals surface area contributed by atoms with Gasteiger partial charge in [0.2, 0.25) is 0 Å². The molecule has 0 spiro atoms. The van der Waals surface area contributed by atoms with Gasteiger partial charge in [-0.2, -0.15) is 5.10 Å². The monoisotopic (exact) mass is 351 g/mol. The van der Waals surface area contributed by atoms with Gasteiger partial charge in [-0.3, -0.25) is 9.78 Å². The summed E-state index contributed by atoms with van der Waals surface area (Å²) in [6.07, 6.45) is 2.27. The quantitative estimate of drug-likeness (QED) is 0.761. The van der Waals surface area contributed by atoms with Gasteiger partial charge >= 0.3 is 0 Å². The van der Waals surface area contributed by atoms with E-state index in [0.29, 0.717) is 5.56 Å². The average Bonchev–Trinajstić information content (AvgIpc) is 3.11. The lowest BCUT2D eigenvalue weighted by Gasteiger charge is -2.18. The number of aryl methyl sites for hydroxylation is 4. The highest BCUT2D eigenvalue weighted by atomic mass is 16.1. The van der Waals surface area contributed by atoms with Crippen LogP contribution < -0.4 is 5.32 Å². The van der Waals surface area contributed by atoms with Gasteiger partial charge in [0.25, 0.3) is 5.91 Å². The molecule has 1 amide bonds. The highest BCUT2D eigenvalue weighted by Gasteiger charge is 2.21. The Hall–Kier alpha value is -2.76. The predicted molar refractivity (Wildman–Crippen MR) is 102 cm³/mol. The van der Waals surface area contributed by atoms with E-state index >= 15 is 0 Å². The van der Waals surface area contributed by atoms with E-state index in [-0.39, 0.29) is 11.9 Å². The van der Waals surface area contributed by atoms with Crippen molar-refractivity contribution in [2.75, 3.05) is 0 Å². The van der Waals surface area contributed by atoms with Crippen LogP contribution in [0, 0.1) is 20.8 Å². The van der Waals surface area contributed by atoms with Gasteiger partial charge in [-0.25, -0.2) is 9.67 Å². The van der Waals surface area contributed by atoms with Crippen LogP contribution in [0.15, 0.2) is 24.5 Å². The number of hydrogen-bond acceptors (Lipinski definition) is 4. The van der Waals surface area contributed by atoms with Crippen molar-refractivity contribution >= 4 is 16.8 Å². The second-order valence-electron chi connectivity index (χ2n) is 6.58. The number of aromatic nitrogens is 4. The molecule has 3 rings (SSSR count). The SMILES string of the molecule is CC[C@@H](NC(=O)c1cc(C)nc2c(C)c(C)ccc12)c1ncnn1CC. The minimum Gasteiger partial charge on any atom is -0.342 e. The highest BCUT2D eigenvalue weighted by molar-refractivity contribution is 6.07. The Morgan fingerprint density at radius 3 is 2.69 bits per heavy atom. The minimum atomic E-state index is -0.181. The molecule has 0 radical (unpaired) electrons. The van der Waals surface area contributed by atoms with Gasteiger partial charge < -0.3 is 5.32 Å². The molecule has 0 bridgehead atoms. The third-order valence-electron chi connectivity index (χ3n) is 4.85. The van der Waals surface area contributed by atoms with E-state index in [4.69, 9.17) is 0 Å². The Morgan fingerprint density at radius 2 is 2.00 bits per heavy atom. The van der Waals surface area contributed by atoms with Crippen molar-refractivity contribution in [1.82, 2.24) is 25.1 Å². The lowest BCUT2D eigenvalue weighted by atomic mass is 10.0. The van der Waals surface area contributed by atoms with Gasteiger partial charge in [-0.1, -0.05) is 19.1 Å². The Morgan fingerprint density at radius 1 is 1.23 bits per heavy atom. The van der Waals surface area contributed by atoms with Gasteiger partial charge in [-0.05, 0) is 51.3 Å². The number of carbonyl (C=O) groups is 1. The number of carbonyl (C=O) groups excluding carboxylic acids is 1. The molecule has 3 aromatic rings. The molecule has 0 saturated carbocycles. The van der Waals surface area contributed by atoms with Crippen molar-refractivity contribution in [2.24, 2.45) is 0 Å². The fraction of sp³-hybridized carbons (Fsp3) is 0.400. The van der Waals surface area contributed by atoms with Crippen molar-refractivity contribution in [3.05, 3.63) is 52.7 Å². The molecule has 2 aromatic heterocycles. The summed E-state index contributed by atoms with van der Waals surface area (Å²) in [5, 5.41) is 8.21. The van der Waals surface area contributed by atoms with E-state index in [1.807, 2.05) is 50.6 Å². The van der Waals surface area contributed by atoms with Crippen LogP contribution in [0.5, 0.6) is 0 Å². The van der Waals surface area contributed by atoms with E-state index < -0.39 is 0 Å². The fourth-order valence-corrected chi connectivity index (χ4v) is 3.22.